The summed E-state index contributed by atoms with van der Waals surface area (Å²) in [5.74, 6) is 0.149. The van der Waals surface area contributed by atoms with E-state index in [2.05, 4.69) is 24.3 Å². The van der Waals surface area contributed by atoms with Crippen molar-refractivity contribution in [2.75, 3.05) is 20.2 Å². The molecule has 190 valence electrons. The average molecular weight is 482 g/mol. The van der Waals surface area contributed by atoms with Crippen molar-refractivity contribution in [3.63, 3.8) is 0 Å². The van der Waals surface area contributed by atoms with Crippen LogP contribution in [0.3, 0.4) is 0 Å². The minimum atomic E-state index is -0.827. The number of hydrogen-bond acceptors (Lipinski definition) is 4. The van der Waals surface area contributed by atoms with E-state index in [1.807, 2.05) is 45.0 Å². The summed E-state index contributed by atoms with van der Waals surface area (Å²) in [6, 6.07) is 16.5. The summed E-state index contributed by atoms with van der Waals surface area (Å²) in [6.45, 7) is 6.50. The fourth-order valence-electron chi connectivity index (χ4n) is 4.07. The van der Waals surface area contributed by atoms with Gasteiger partial charge in [-0.1, -0.05) is 36.4 Å². The molecule has 1 atom stereocenters. The third-order valence-electron chi connectivity index (χ3n) is 6.14. The Balaban J connectivity index is 1.46. The van der Waals surface area contributed by atoms with Gasteiger partial charge in [-0.15, -0.1) is 0 Å². The van der Waals surface area contributed by atoms with Crippen molar-refractivity contribution in [1.29, 1.82) is 0 Å². The Morgan fingerprint density at radius 1 is 1.09 bits per heavy atom. The van der Waals surface area contributed by atoms with E-state index < -0.39 is 23.6 Å². The van der Waals surface area contributed by atoms with Crippen LogP contribution in [0.5, 0.6) is 5.75 Å². The molecule has 0 spiro atoms. The molecule has 0 heterocycles. The highest BCUT2D eigenvalue weighted by Crippen LogP contribution is 2.40. The number of carboxylic acids is 1. The normalized spacial score (nSPS) is 14.3. The Kier molecular flexibility index (Phi) is 9.19. The number of carbonyl (C=O) groups is 2. The lowest BCUT2D eigenvalue weighted by atomic mass is 9.94. The molecule has 1 aliphatic carbocycles. The highest BCUT2D eigenvalue weighted by molar-refractivity contribution is 5.70. The molecular formula is C29H39NO5. The van der Waals surface area contributed by atoms with Crippen molar-refractivity contribution >= 4 is 12.1 Å². The molecule has 0 bridgehead atoms. The van der Waals surface area contributed by atoms with E-state index in [4.69, 9.17) is 9.47 Å². The monoisotopic (exact) mass is 481 g/mol. The largest absolute Gasteiger partial charge is 0.493 e. The molecule has 0 radical (unpaired) electrons. The van der Waals surface area contributed by atoms with Gasteiger partial charge >= 0.3 is 12.1 Å². The molecule has 35 heavy (non-hydrogen) atoms. The summed E-state index contributed by atoms with van der Waals surface area (Å²) >= 11 is 0. The average Bonchev–Trinajstić information content (AvgIpc) is 3.63. The molecule has 6 heteroatoms. The van der Waals surface area contributed by atoms with Crippen LogP contribution in [0, 0.1) is 5.92 Å². The maximum absolute atomic E-state index is 12.1. The van der Waals surface area contributed by atoms with Gasteiger partial charge in [-0.25, -0.2) is 4.79 Å². The third-order valence-corrected chi connectivity index (χ3v) is 6.14. The summed E-state index contributed by atoms with van der Waals surface area (Å²) in [7, 11) is 1.67. The van der Waals surface area contributed by atoms with Gasteiger partial charge in [0.25, 0.3) is 0 Å². The maximum atomic E-state index is 12.1. The minimum absolute atomic E-state index is 0.395. The number of carboxylic acid groups (broad SMARTS) is 1. The van der Waals surface area contributed by atoms with Gasteiger partial charge < -0.3 is 19.5 Å². The molecule has 0 aromatic heterocycles. The number of benzene rings is 2. The molecule has 3 rings (SSSR count). The van der Waals surface area contributed by atoms with Crippen LogP contribution < -0.4 is 4.74 Å². The first-order valence-electron chi connectivity index (χ1n) is 12.6. The highest BCUT2D eigenvalue weighted by Gasteiger charge is 2.23. The lowest BCUT2D eigenvalue weighted by Crippen LogP contribution is -2.35. The van der Waals surface area contributed by atoms with E-state index in [-0.39, 0.29) is 0 Å². The lowest BCUT2D eigenvalue weighted by Gasteiger charge is -2.25. The third kappa shape index (κ3) is 9.27. The second-order valence-corrected chi connectivity index (χ2v) is 10.5. The van der Waals surface area contributed by atoms with E-state index in [0.29, 0.717) is 32.4 Å². The van der Waals surface area contributed by atoms with Gasteiger partial charge in [0.1, 0.15) is 11.4 Å². The van der Waals surface area contributed by atoms with Crippen LogP contribution >= 0.6 is 0 Å². The summed E-state index contributed by atoms with van der Waals surface area (Å²) in [5.41, 5.74) is 3.10. The Morgan fingerprint density at radius 3 is 2.49 bits per heavy atom. The molecular weight excluding hydrogens is 442 g/mol. The van der Waals surface area contributed by atoms with Crippen LogP contribution in [-0.4, -0.2) is 47.9 Å². The zero-order valence-electron chi connectivity index (χ0n) is 21.5. The predicted molar refractivity (Wildman–Crippen MR) is 137 cm³/mol. The Bertz CT molecular complexity index is 993. The highest BCUT2D eigenvalue weighted by atomic mass is 16.6. The molecule has 0 aliphatic heterocycles. The van der Waals surface area contributed by atoms with Crippen LogP contribution in [0.1, 0.15) is 69.1 Å². The first-order chi connectivity index (χ1) is 16.6. The SMILES string of the molecule is CN(CCCC(Cc1cccc(OCCc2cccc(C3CC3)c2)c1)C(=O)O)C(=O)OC(C)(C)C. The second-order valence-electron chi connectivity index (χ2n) is 10.5. The van der Waals surface area contributed by atoms with Gasteiger partial charge in [-0.2, -0.15) is 0 Å². The van der Waals surface area contributed by atoms with Crippen molar-refractivity contribution in [3.8, 4) is 5.75 Å². The van der Waals surface area contributed by atoms with Gasteiger partial charge in [0.05, 0.1) is 12.5 Å². The summed E-state index contributed by atoms with van der Waals surface area (Å²) < 4.78 is 11.3. The Labute approximate surface area is 209 Å². The summed E-state index contributed by atoms with van der Waals surface area (Å²) in [6.07, 6.45) is 4.52. The number of hydrogen-bond donors (Lipinski definition) is 1. The fourth-order valence-corrected chi connectivity index (χ4v) is 4.07. The number of carbonyl (C=O) groups excluding carboxylic acids is 1. The van der Waals surface area contributed by atoms with Crippen molar-refractivity contribution in [1.82, 2.24) is 4.90 Å². The molecule has 1 saturated carbocycles. The molecule has 1 aliphatic rings. The predicted octanol–water partition coefficient (Wildman–Crippen LogP) is 6.08. The van der Waals surface area contributed by atoms with Crippen LogP contribution in [0.15, 0.2) is 48.5 Å². The van der Waals surface area contributed by atoms with Gasteiger partial charge in [0, 0.05) is 20.0 Å². The smallest absolute Gasteiger partial charge is 0.410 e. The standard InChI is InChI=1S/C29H39NO5/c1-29(2,3)35-28(33)30(4)16-7-11-25(27(31)32)19-22-9-6-12-26(20-22)34-17-15-21-8-5-10-24(18-21)23-13-14-23/h5-6,8-10,12,18,20,23,25H,7,11,13-17,19H2,1-4H3,(H,31,32). The molecule has 1 N–H and O–H groups in total. The maximum Gasteiger partial charge on any atom is 0.410 e. The molecule has 2 aromatic carbocycles. The van der Waals surface area contributed by atoms with Crippen LogP contribution in [0.25, 0.3) is 0 Å². The summed E-state index contributed by atoms with van der Waals surface area (Å²) in [4.78, 5) is 25.5. The molecule has 1 unspecified atom stereocenters. The topological polar surface area (TPSA) is 76.1 Å². The minimum Gasteiger partial charge on any atom is -0.493 e. The Hall–Kier alpha value is -3.02. The van der Waals surface area contributed by atoms with Crippen molar-refractivity contribution < 1.29 is 24.2 Å². The van der Waals surface area contributed by atoms with Gasteiger partial charge in [0.2, 0.25) is 0 Å². The van der Waals surface area contributed by atoms with Crippen LogP contribution in [-0.2, 0) is 22.4 Å². The fraction of sp³-hybridized carbons (Fsp3) is 0.517. The van der Waals surface area contributed by atoms with E-state index in [1.54, 1.807) is 7.05 Å². The van der Waals surface area contributed by atoms with Crippen LogP contribution in [0.4, 0.5) is 4.79 Å². The zero-order valence-corrected chi connectivity index (χ0v) is 21.5. The van der Waals surface area contributed by atoms with Crippen molar-refractivity contribution in [3.05, 3.63) is 65.2 Å². The molecule has 6 nitrogen and oxygen atoms in total. The van der Waals surface area contributed by atoms with E-state index in [1.165, 1.54) is 28.9 Å². The molecule has 2 aromatic rings. The number of nitrogens with zero attached hydrogens (tertiary/aromatic N) is 1. The van der Waals surface area contributed by atoms with E-state index in [0.717, 1.165) is 23.7 Å². The molecule has 0 saturated heterocycles. The number of rotatable bonds is 12. The van der Waals surface area contributed by atoms with Gasteiger partial charge in [-0.3, -0.25) is 4.79 Å². The van der Waals surface area contributed by atoms with Gasteiger partial charge in [-0.05, 0) is 87.6 Å². The van der Waals surface area contributed by atoms with E-state index in [9.17, 15) is 14.7 Å². The second kappa shape index (κ2) is 12.1. The number of ether oxygens (including phenoxy) is 2. The van der Waals surface area contributed by atoms with Crippen LogP contribution in [0.2, 0.25) is 0 Å². The zero-order chi connectivity index (χ0) is 25.4. The number of amides is 1. The first kappa shape index (κ1) is 26.6. The van der Waals surface area contributed by atoms with Crippen molar-refractivity contribution in [2.24, 2.45) is 5.92 Å². The molecule has 1 fully saturated rings. The number of aliphatic carboxylic acids is 1. The summed E-state index contributed by atoms with van der Waals surface area (Å²) in [5, 5.41) is 9.73. The van der Waals surface area contributed by atoms with Gasteiger partial charge in [0.15, 0.2) is 0 Å². The lowest BCUT2D eigenvalue weighted by molar-refractivity contribution is -0.142. The van der Waals surface area contributed by atoms with Crippen molar-refractivity contribution in [2.45, 2.75) is 70.8 Å². The van der Waals surface area contributed by atoms with E-state index >= 15 is 0 Å². The molecule has 1 amide bonds. The Morgan fingerprint density at radius 2 is 1.80 bits per heavy atom. The quantitative estimate of drug-likeness (QED) is 0.398. The first-order valence-corrected chi connectivity index (χ1v) is 12.6.